The number of amides is 1. The number of benzene rings is 2. The molecule has 1 saturated carbocycles. The van der Waals surface area contributed by atoms with E-state index in [9.17, 15) is 32.0 Å². The predicted octanol–water partition coefficient (Wildman–Crippen LogP) is 5.31. The molecule has 0 N–H and O–H groups in total. The number of alkyl halides is 2. The SMILES string of the molecule is CN(C)C(=O)c1cccc(S(=O)(=O)N2CSCC2C(=O)O[C@@H](Cc2c(Cl)c[n+]([O-])cc2Cl)c2ccc(OC(F)F)c(OCC3CC3)c2)c1. The second-order valence-electron chi connectivity index (χ2n) is 11.4. The van der Waals surface area contributed by atoms with Gasteiger partial charge in [-0.3, -0.25) is 9.59 Å². The number of carbonyl (C=O) groups is 2. The number of halogens is 4. The molecule has 17 heteroatoms. The Morgan fingerprint density at radius 3 is 2.46 bits per heavy atom. The van der Waals surface area contributed by atoms with E-state index in [0.29, 0.717) is 4.73 Å². The van der Waals surface area contributed by atoms with Crippen molar-refractivity contribution in [3.05, 3.63) is 86.8 Å². The monoisotopic (exact) mass is 745 g/mol. The molecule has 1 aliphatic carbocycles. The largest absolute Gasteiger partial charge is 0.619 e. The van der Waals surface area contributed by atoms with Crippen LogP contribution in [0.2, 0.25) is 10.0 Å². The van der Waals surface area contributed by atoms with Crippen LogP contribution in [0.5, 0.6) is 11.5 Å². The van der Waals surface area contributed by atoms with Crippen LogP contribution in [0.15, 0.2) is 59.8 Å². The average Bonchev–Trinajstić information content (AvgIpc) is 3.72. The highest BCUT2D eigenvalue weighted by Gasteiger charge is 2.42. The first kappa shape index (κ1) is 35.9. The summed E-state index contributed by atoms with van der Waals surface area (Å²) in [5.41, 5.74) is 0.697. The first-order chi connectivity index (χ1) is 22.7. The zero-order valence-electron chi connectivity index (χ0n) is 25.7. The minimum atomic E-state index is -4.27. The highest BCUT2D eigenvalue weighted by Crippen LogP contribution is 2.39. The third kappa shape index (κ3) is 8.43. The van der Waals surface area contributed by atoms with Gasteiger partial charge >= 0.3 is 12.6 Å². The van der Waals surface area contributed by atoms with Gasteiger partial charge in [0.15, 0.2) is 23.9 Å². The maximum Gasteiger partial charge on any atom is 0.387 e. The van der Waals surface area contributed by atoms with Crippen LogP contribution in [-0.2, 0) is 26.0 Å². The molecule has 2 atom stereocenters. The normalized spacial score (nSPS) is 17.3. The highest BCUT2D eigenvalue weighted by molar-refractivity contribution is 8.00. The van der Waals surface area contributed by atoms with Crippen molar-refractivity contribution in [2.75, 3.05) is 32.3 Å². The van der Waals surface area contributed by atoms with E-state index in [4.69, 9.17) is 32.7 Å². The van der Waals surface area contributed by atoms with E-state index in [0.717, 1.165) is 29.5 Å². The molecule has 0 spiro atoms. The standard InChI is InChI=1S/C31H31Cl2F2N3O8S2/c1-36(2)29(39)20-4-3-5-21(10-20)48(42,43)38-17-47-16-25(38)30(40)45-27(12-22-23(32)13-37(41)14-24(22)33)19-8-9-26(46-31(34)35)28(11-19)44-15-18-6-7-18/h3-5,8-11,13-14,18,25,27,31H,6-7,12,15-17H2,1-2H3/t25?,27-/m0/s1. The summed E-state index contributed by atoms with van der Waals surface area (Å²) in [7, 11) is -1.19. The molecule has 2 fully saturated rings. The molecule has 0 bridgehead atoms. The molecule has 1 unspecified atom stereocenters. The predicted molar refractivity (Wildman–Crippen MR) is 174 cm³/mol. The maximum atomic E-state index is 13.8. The fourth-order valence-electron chi connectivity index (χ4n) is 4.91. The number of esters is 1. The average molecular weight is 747 g/mol. The molecule has 3 aromatic rings. The Morgan fingerprint density at radius 1 is 1.10 bits per heavy atom. The van der Waals surface area contributed by atoms with Crippen LogP contribution in [0.3, 0.4) is 0 Å². The fourth-order valence-corrected chi connectivity index (χ4v) is 8.68. The van der Waals surface area contributed by atoms with Crippen molar-refractivity contribution >= 4 is 56.9 Å². The summed E-state index contributed by atoms with van der Waals surface area (Å²) in [5.74, 6) is -1.23. The van der Waals surface area contributed by atoms with Crippen molar-refractivity contribution in [3.8, 4) is 11.5 Å². The van der Waals surface area contributed by atoms with E-state index in [2.05, 4.69) is 4.74 Å². The number of hydrogen-bond acceptors (Lipinski definition) is 9. The van der Waals surface area contributed by atoms with Gasteiger partial charge in [0.1, 0.15) is 22.2 Å². The molecular formula is C31H31Cl2F2N3O8S2. The van der Waals surface area contributed by atoms with Gasteiger partial charge in [-0.25, -0.2) is 8.42 Å². The molecule has 48 heavy (non-hydrogen) atoms. The number of hydrogen-bond donors (Lipinski definition) is 0. The zero-order chi connectivity index (χ0) is 34.7. The zero-order valence-corrected chi connectivity index (χ0v) is 28.8. The van der Waals surface area contributed by atoms with Gasteiger partial charge in [0, 0.05) is 37.4 Å². The lowest BCUT2D eigenvalue weighted by Crippen LogP contribution is -2.43. The second-order valence-corrected chi connectivity index (χ2v) is 15.1. The van der Waals surface area contributed by atoms with Gasteiger partial charge in [0.25, 0.3) is 5.91 Å². The van der Waals surface area contributed by atoms with E-state index in [1.807, 2.05) is 0 Å². The first-order valence-corrected chi connectivity index (χ1v) is 18.0. The van der Waals surface area contributed by atoms with Crippen LogP contribution in [0, 0.1) is 11.1 Å². The minimum Gasteiger partial charge on any atom is -0.619 e. The third-order valence-corrected chi connectivity index (χ3v) is 11.3. The summed E-state index contributed by atoms with van der Waals surface area (Å²) < 4.78 is 71.8. The van der Waals surface area contributed by atoms with Crippen molar-refractivity contribution < 1.29 is 45.7 Å². The highest BCUT2D eigenvalue weighted by atomic mass is 35.5. The van der Waals surface area contributed by atoms with Crippen LogP contribution >= 0.6 is 35.0 Å². The maximum absolute atomic E-state index is 13.8. The van der Waals surface area contributed by atoms with E-state index in [1.54, 1.807) is 14.1 Å². The van der Waals surface area contributed by atoms with Gasteiger partial charge in [-0.05, 0) is 54.7 Å². The topological polar surface area (TPSA) is 129 Å². The summed E-state index contributed by atoms with van der Waals surface area (Å²) in [5, 5.41) is 11.9. The molecular weight excluding hydrogens is 715 g/mol. The molecule has 2 aromatic carbocycles. The number of nitrogens with zero attached hydrogens (tertiary/aromatic N) is 3. The van der Waals surface area contributed by atoms with Gasteiger partial charge in [-0.1, -0.05) is 35.3 Å². The van der Waals surface area contributed by atoms with Gasteiger partial charge in [-0.2, -0.15) is 17.8 Å². The molecule has 1 amide bonds. The molecule has 2 aliphatic rings. The summed E-state index contributed by atoms with van der Waals surface area (Å²) in [6.45, 7) is -2.86. The van der Waals surface area contributed by atoms with Crippen molar-refractivity contribution in [2.24, 2.45) is 5.92 Å². The number of pyridine rings is 1. The molecule has 1 aromatic heterocycles. The number of rotatable bonds is 13. The minimum absolute atomic E-state index is 0.00353. The van der Waals surface area contributed by atoms with E-state index in [-0.39, 0.29) is 73.7 Å². The molecule has 2 heterocycles. The Morgan fingerprint density at radius 2 is 1.81 bits per heavy atom. The quantitative estimate of drug-likeness (QED) is 0.130. The number of thioether (sulfide) groups is 1. The smallest absolute Gasteiger partial charge is 0.387 e. The van der Waals surface area contributed by atoms with Gasteiger partial charge in [0.2, 0.25) is 10.0 Å². The van der Waals surface area contributed by atoms with Gasteiger partial charge in [-0.15, -0.1) is 11.8 Å². The van der Waals surface area contributed by atoms with E-state index < -0.39 is 40.7 Å². The Balaban J connectivity index is 1.47. The lowest BCUT2D eigenvalue weighted by molar-refractivity contribution is -0.605. The Bertz CT molecular complexity index is 1770. The van der Waals surface area contributed by atoms with E-state index in [1.165, 1.54) is 59.1 Å². The Kier molecular flexibility index (Phi) is 11.2. The van der Waals surface area contributed by atoms with Crippen LogP contribution in [-0.4, -0.2) is 74.5 Å². The third-order valence-electron chi connectivity index (χ3n) is 7.64. The number of sulfonamides is 1. The second kappa shape index (κ2) is 15.0. The van der Waals surface area contributed by atoms with Crippen molar-refractivity contribution in [3.63, 3.8) is 0 Å². The summed E-state index contributed by atoms with van der Waals surface area (Å²) >= 11 is 13.9. The summed E-state index contributed by atoms with van der Waals surface area (Å²) in [6.07, 6.45) is 2.67. The number of aromatic nitrogens is 1. The molecule has 5 rings (SSSR count). The van der Waals surface area contributed by atoms with Crippen LogP contribution in [0.25, 0.3) is 0 Å². The van der Waals surface area contributed by atoms with Crippen LogP contribution < -0.4 is 14.2 Å². The summed E-state index contributed by atoms with van der Waals surface area (Å²) in [6, 6.07) is 8.33. The van der Waals surface area contributed by atoms with Crippen molar-refractivity contribution in [2.45, 2.75) is 42.9 Å². The lowest BCUT2D eigenvalue weighted by atomic mass is 10.0. The summed E-state index contributed by atoms with van der Waals surface area (Å²) in [4.78, 5) is 27.5. The Hall–Kier alpha value is -3.37. The Labute approximate surface area is 290 Å². The number of ether oxygens (including phenoxy) is 3. The van der Waals surface area contributed by atoms with Crippen LogP contribution in [0.4, 0.5) is 8.78 Å². The first-order valence-electron chi connectivity index (χ1n) is 14.6. The molecule has 1 saturated heterocycles. The van der Waals surface area contributed by atoms with Crippen molar-refractivity contribution in [1.82, 2.24) is 9.21 Å². The van der Waals surface area contributed by atoms with Crippen molar-refractivity contribution in [1.29, 1.82) is 0 Å². The fraction of sp³-hybridized carbons (Fsp3) is 0.387. The van der Waals surface area contributed by atoms with E-state index >= 15 is 0 Å². The molecule has 11 nitrogen and oxygen atoms in total. The molecule has 0 radical (unpaired) electrons. The molecule has 258 valence electrons. The number of carbonyl (C=O) groups excluding carboxylic acids is 2. The lowest BCUT2D eigenvalue weighted by Gasteiger charge is -2.26. The molecule has 1 aliphatic heterocycles. The van der Waals surface area contributed by atoms with Crippen LogP contribution in [0.1, 0.15) is 40.4 Å². The van der Waals surface area contributed by atoms with Gasteiger partial charge < -0.3 is 24.3 Å². The van der Waals surface area contributed by atoms with Gasteiger partial charge in [0.05, 0.1) is 17.4 Å².